The quantitative estimate of drug-likeness (QED) is 0.616. The van der Waals surface area contributed by atoms with Crippen LogP contribution in [0.4, 0.5) is 15.9 Å². The molecule has 2 aliphatic rings. The van der Waals surface area contributed by atoms with E-state index in [1.807, 2.05) is 18.2 Å². The molecule has 0 amide bonds. The Morgan fingerprint density at radius 3 is 2.71 bits per heavy atom. The summed E-state index contributed by atoms with van der Waals surface area (Å²) >= 11 is 0. The minimum absolute atomic E-state index is 0.176. The number of hydrogen-bond donors (Lipinski definition) is 3. The third-order valence-electron chi connectivity index (χ3n) is 6.36. The first-order valence-corrected chi connectivity index (χ1v) is 11.0. The Kier molecular flexibility index (Phi) is 6.19. The summed E-state index contributed by atoms with van der Waals surface area (Å²) in [6.07, 6.45) is 3.91. The Morgan fingerprint density at radius 1 is 1.35 bits per heavy atom. The van der Waals surface area contributed by atoms with Crippen LogP contribution in [0.2, 0.25) is 0 Å². The van der Waals surface area contributed by atoms with E-state index in [9.17, 15) is 4.39 Å². The van der Waals surface area contributed by atoms with Gasteiger partial charge in [0.05, 0.1) is 23.9 Å². The van der Waals surface area contributed by atoms with E-state index in [0.717, 1.165) is 42.9 Å². The van der Waals surface area contributed by atoms with Gasteiger partial charge in [-0.15, -0.1) is 0 Å². The van der Waals surface area contributed by atoms with Crippen molar-refractivity contribution in [3.05, 3.63) is 41.6 Å². The first-order chi connectivity index (χ1) is 15.0. The van der Waals surface area contributed by atoms with E-state index in [1.54, 1.807) is 12.1 Å². The van der Waals surface area contributed by atoms with Crippen LogP contribution in [0.5, 0.6) is 0 Å². The van der Waals surface area contributed by atoms with Crippen LogP contribution in [0.1, 0.15) is 37.4 Å². The van der Waals surface area contributed by atoms with Crippen molar-refractivity contribution in [2.45, 2.75) is 31.9 Å². The summed E-state index contributed by atoms with van der Waals surface area (Å²) in [5.41, 5.74) is 2.37. The monoisotopic (exact) mass is 420 g/mol. The highest BCUT2D eigenvalue weighted by Gasteiger charge is 2.33. The number of piperidine rings is 1. The van der Waals surface area contributed by atoms with Crippen LogP contribution < -0.4 is 15.5 Å². The third kappa shape index (κ3) is 4.70. The van der Waals surface area contributed by atoms with Gasteiger partial charge in [-0.05, 0) is 55.5 Å². The Hall–Kier alpha value is -2.98. The topological polar surface area (TPSA) is 87.8 Å². The van der Waals surface area contributed by atoms with Gasteiger partial charge in [0, 0.05) is 31.4 Å². The lowest BCUT2D eigenvalue weighted by Crippen LogP contribution is -2.35. The number of aromatic nitrogens is 1. The van der Waals surface area contributed by atoms with E-state index in [2.05, 4.69) is 28.5 Å². The van der Waals surface area contributed by atoms with Crippen molar-refractivity contribution in [1.82, 2.24) is 10.3 Å². The molecule has 4 rings (SSSR count). The molecule has 2 saturated heterocycles. The van der Waals surface area contributed by atoms with Gasteiger partial charge < -0.3 is 20.9 Å². The number of nitrogens with zero attached hydrogens (tertiary/aromatic N) is 3. The fourth-order valence-electron chi connectivity index (χ4n) is 4.28. The van der Waals surface area contributed by atoms with Gasteiger partial charge in [0.1, 0.15) is 17.2 Å². The summed E-state index contributed by atoms with van der Waals surface area (Å²) < 4.78 is 14.9. The van der Waals surface area contributed by atoms with Crippen molar-refractivity contribution in [2.75, 3.05) is 42.9 Å². The number of nitriles is 1. The molecule has 1 aromatic heterocycles. The van der Waals surface area contributed by atoms with Gasteiger partial charge in [-0.3, -0.25) is 0 Å². The average molecular weight is 421 g/mol. The van der Waals surface area contributed by atoms with Gasteiger partial charge in [0.25, 0.3) is 0 Å². The summed E-state index contributed by atoms with van der Waals surface area (Å²) in [6.45, 7) is 5.29. The molecule has 0 bridgehead atoms. The lowest BCUT2D eigenvalue weighted by atomic mass is 9.97. The lowest BCUT2D eigenvalue weighted by molar-refractivity contribution is 0.208. The fraction of sp³-hybridized carbons (Fsp3) is 0.458. The number of alkyl halides is 1. The number of anilines is 2. The predicted octanol–water partition coefficient (Wildman–Crippen LogP) is 3.97. The Morgan fingerprint density at radius 2 is 2.10 bits per heavy atom. The maximum absolute atomic E-state index is 14.9. The summed E-state index contributed by atoms with van der Waals surface area (Å²) in [5, 5.41) is 23.3. The normalized spacial score (nSPS) is 21.6. The first kappa shape index (κ1) is 21.3. The second kappa shape index (κ2) is 9.03. The molecular formula is C24H29FN6. The molecular weight excluding hydrogens is 391 g/mol. The largest absolute Gasteiger partial charge is 0.380 e. The standard InChI is InChI=1S/C24H29FN6/c1-17-6-10-31(11-7-17)23-20(19-4-2-18(13-26)3-5-19)12-21(22(14-27)30-23)29-16-24(25)8-9-28-15-24/h2-5,12,14,17,27-29H,6-11,15-16H2,1H3. The molecule has 7 heteroatoms. The minimum Gasteiger partial charge on any atom is -0.380 e. The molecule has 0 radical (unpaired) electrons. The van der Waals surface area contributed by atoms with Gasteiger partial charge in [-0.2, -0.15) is 5.26 Å². The summed E-state index contributed by atoms with van der Waals surface area (Å²) in [4.78, 5) is 7.12. The molecule has 1 atom stereocenters. The Labute approximate surface area is 183 Å². The number of pyridine rings is 1. The highest BCUT2D eigenvalue weighted by Crippen LogP contribution is 2.35. The summed E-state index contributed by atoms with van der Waals surface area (Å²) in [7, 11) is 0. The molecule has 31 heavy (non-hydrogen) atoms. The molecule has 3 heterocycles. The Balaban J connectivity index is 1.72. The maximum atomic E-state index is 14.9. The summed E-state index contributed by atoms with van der Waals surface area (Å²) in [5.74, 6) is 1.54. The van der Waals surface area contributed by atoms with E-state index >= 15 is 0 Å². The number of benzene rings is 1. The highest BCUT2D eigenvalue weighted by molar-refractivity contribution is 5.89. The van der Waals surface area contributed by atoms with Crippen LogP contribution in [-0.2, 0) is 0 Å². The zero-order chi connectivity index (χ0) is 21.8. The number of nitrogens with one attached hydrogen (secondary N) is 3. The van der Waals surface area contributed by atoms with Gasteiger partial charge in [-0.1, -0.05) is 19.1 Å². The average Bonchev–Trinajstić information content (AvgIpc) is 3.24. The van der Waals surface area contributed by atoms with E-state index in [4.69, 9.17) is 15.7 Å². The molecule has 6 nitrogen and oxygen atoms in total. The van der Waals surface area contributed by atoms with Crippen LogP contribution in [0.25, 0.3) is 11.1 Å². The zero-order valence-corrected chi connectivity index (χ0v) is 17.9. The SMILES string of the molecule is CC1CCN(c2nc(C=N)c(NCC3(F)CCNC3)cc2-c2ccc(C#N)cc2)CC1. The molecule has 0 saturated carbocycles. The van der Waals surface area contributed by atoms with E-state index in [-0.39, 0.29) is 6.54 Å². The number of hydrogen-bond acceptors (Lipinski definition) is 6. The Bertz CT molecular complexity index is 967. The summed E-state index contributed by atoms with van der Waals surface area (Å²) in [6, 6.07) is 11.6. The molecule has 2 aliphatic heterocycles. The maximum Gasteiger partial charge on any atom is 0.141 e. The fourth-order valence-corrected chi connectivity index (χ4v) is 4.28. The van der Waals surface area contributed by atoms with Gasteiger partial charge >= 0.3 is 0 Å². The molecule has 2 aromatic rings. The molecule has 2 fully saturated rings. The van der Waals surface area contributed by atoms with Gasteiger partial charge in [0.2, 0.25) is 0 Å². The molecule has 162 valence electrons. The minimum atomic E-state index is -1.30. The second-order valence-electron chi connectivity index (χ2n) is 8.73. The number of rotatable bonds is 6. The second-order valence-corrected chi connectivity index (χ2v) is 8.73. The zero-order valence-electron chi connectivity index (χ0n) is 17.9. The smallest absolute Gasteiger partial charge is 0.141 e. The van der Waals surface area contributed by atoms with Gasteiger partial charge in [-0.25, -0.2) is 9.37 Å². The molecule has 3 N–H and O–H groups in total. The van der Waals surface area contributed by atoms with Crippen LogP contribution in [-0.4, -0.2) is 49.6 Å². The first-order valence-electron chi connectivity index (χ1n) is 11.0. The van der Waals surface area contributed by atoms with Crippen molar-refractivity contribution in [1.29, 1.82) is 10.7 Å². The van der Waals surface area contributed by atoms with Crippen molar-refractivity contribution in [2.24, 2.45) is 5.92 Å². The van der Waals surface area contributed by atoms with Crippen LogP contribution >= 0.6 is 0 Å². The van der Waals surface area contributed by atoms with E-state index in [0.29, 0.717) is 42.4 Å². The predicted molar refractivity (Wildman–Crippen MR) is 123 cm³/mol. The highest BCUT2D eigenvalue weighted by atomic mass is 19.1. The van der Waals surface area contributed by atoms with Gasteiger partial charge in [0.15, 0.2) is 0 Å². The molecule has 0 aliphatic carbocycles. The third-order valence-corrected chi connectivity index (χ3v) is 6.36. The lowest BCUT2D eigenvalue weighted by Gasteiger charge is -2.33. The van der Waals surface area contributed by atoms with Crippen molar-refractivity contribution in [3.8, 4) is 17.2 Å². The number of halogens is 1. The molecule has 1 unspecified atom stereocenters. The van der Waals surface area contributed by atoms with E-state index in [1.165, 1.54) is 6.21 Å². The van der Waals surface area contributed by atoms with Crippen molar-refractivity contribution < 1.29 is 4.39 Å². The van der Waals surface area contributed by atoms with Crippen molar-refractivity contribution >= 4 is 17.7 Å². The van der Waals surface area contributed by atoms with Crippen LogP contribution in [0.3, 0.4) is 0 Å². The van der Waals surface area contributed by atoms with Crippen LogP contribution in [0, 0.1) is 22.7 Å². The van der Waals surface area contributed by atoms with Crippen molar-refractivity contribution in [3.63, 3.8) is 0 Å². The van der Waals surface area contributed by atoms with Crippen LogP contribution in [0.15, 0.2) is 30.3 Å². The van der Waals surface area contributed by atoms with E-state index < -0.39 is 5.67 Å². The molecule has 1 aromatic carbocycles. The molecule has 0 spiro atoms.